The average molecular weight is 243 g/mol. The molecule has 0 aliphatic heterocycles. The molecule has 2 amide bonds. The number of benzene rings is 1. The predicted octanol–water partition coefficient (Wildman–Crippen LogP) is 2.74. The van der Waals surface area contributed by atoms with Crippen molar-refractivity contribution in [1.29, 1.82) is 0 Å². The second-order valence-electron chi connectivity index (χ2n) is 3.79. The molecule has 0 spiro atoms. The van der Waals surface area contributed by atoms with Gasteiger partial charge in [-0.15, -0.1) is 0 Å². The van der Waals surface area contributed by atoms with Crippen LogP contribution in [0.4, 0.5) is 16.3 Å². The Bertz CT molecular complexity index is 552. The summed E-state index contributed by atoms with van der Waals surface area (Å²) in [6, 6.07) is 11.2. The summed E-state index contributed by atoms with van der Waals surface area (Å²) in [4.78, 5) is 15.8. The molecule has 18 heavy (non-hydrogen) atoms. The van der Waals surface area contributed by atoms with E-state index in [1.807, 2.05) is 19.1 Å². The maximum atomic E-state index is 11.7. The summed E-state index contributed by atoms with van der Waals surface area (Å²) >= 11 is 0. The maximum Gasteiger partial charge on any atom is 0.324 e. The molecule has 0 aliphatic rings. The van der Waals surface area contributed by atoms with E-state index in [1.54, 1.807) is 18.2 Å². The summed E-state index contributed by atoms with van der Waals surface area (Å²) < 4.78 is 0. The molecule has 0 radical (unpaired) electrons. The van der Waals surface area contributed by atoms with Crippen LogP contribution in [-0.4, -0.2) is 16.1 Å². The van der Waals surface area contributed by atoms with Gasteiger partial charge in [-0.3, -0.25) is 5.32 Å². The Kier molecular flexibility index (Phi) is 3.43. The number of nitrogens with zero attached hydrogens (tertiary/aromatic N) is 1. The summed E-state index contributed by atoms with van der Waals surface area (Å²) in [5.74, 6) is 0.646. The molecule has 0 aliphatic carbocycles. The highest BCUT2D eigenvalue weighted by atomic mass is 16.3. The van der Waals surface area contributed by atoms with E-state index in [0.717, 1.165) is 5.69 Å². The van der Waals surface area contributed by atoms with Crippen LogP contribution in [-0.2, 0) is 0 Å². The minimum atomic E-state index is -0.376. The van der Waals surface area contributed by atoms with Gasteiger partial charge < -0.3 is 10.4 Å². The number of pyridine rings is 1. The van der Waals surface area contributed by atoms with Gasteiger partial charge in [-0.2, -0.15) is 0 Å². The first-order valence-electron chi connectivity index (χ1n) is 5.44. The first-order chi connectivity index (χ1) is 8.63. The van der Waals surface area contributed by atoms with Crippen LogP contribution < -0.4 is 10.6 Å². The third-order valence-corrected chi connectivity index (χ3v) is 2.26. The molecule has 0 atom stereocenters. The zero-order valence-corrected chi connectivity index (χ0v) is 9.84. The van der Waals surface area contributed by atoms with Crippen LogP contribution in [0, 0.1) is 6.92 Å². The number of urea groups is 1. The van der Waals surface area contributed by atoms with E-state index in [0.29, 0.717) is 11.5 Å². The second-order valence-corrected chi connectivity index (χ2v) is 3.79. The number of carbonyl (C=O) groups excluding carboxylic acids is 1. The second kappa shape index (κ2) is 5.18. The Balaban J connectivity index is 1.98. The molecule has 2 rings (SSSR count). The average Bonchev–Trinajstić information content (AvgIpc) is 2.32. The number of phenolic OH excluding ortho intramolecular Hbond substituents is 1. The lowest BCUT2D eigenvalue weighted by molar-refractivity contribution is 0.262. The molecule has 0 saturated carbocycles. The number of hydrogen-bond acceptors (Lipinski definition) is 3. The number of amides is 2. The molecule has 0 bridgehead atoms. The maximum absolute atomic E-state index is 11.7. The van der Waals surface area contributed by atoms with Crippen LogP contribution in [0.15, 0.2) is 42.5 Å². The van der Waals surface area contributed by atoms with Gasteiger partial charge in [0.1, 0.15) is 11.6 Å². The molecule has 1 heterocycles. The zero-order valence-electron chi connectivity index (χ0n) is 9.84. The number of aromatic hydroxyl groups is 1. The topological polar surface area (TPSA) is 74.2 Å². The first kappa shape index (κ1) is 11.9. The van der Waals surface area contributed by atoms with Crippen molar-refractivity contribution >= 4 is 17.5 Å². The molecule has 0 unspecified atom stereocenters. The van der Waals surface area contributed by atoms with E-state index in [1.165, 1.54) is 12.1 Å². The van der Waals surface area contributed by atoms with Crippen molar-refractivity contribution in [3.63, 3.8) is 0 Å². The first-order valence-corrected chi connectivity index (χ1v) is 5.44. The number of phenols is 1. The molecule has 2 aromatic rings. The van der Waals surface area contributed by atoms with Crippen LogP contribution in [0.5, 0.6) is 5.75 Å². The number of aryl methyl sites for hydroxylation is 1. The van der Waals surface area contributed by atoms with Crippen molar-refractivity contribution in [2.75, 3.05) is 10.6 Å². The predicted molar refractivity (Wildman–Crippen MR) is 69.7 cm³/mol. The van der Waals surface area contributed by atoms with E-state index < -0.39 is 0 Å². The number of anilines is 2. The molecular formula is C13H13N3O2. The Morgan fingerprint density at radius 2 is 1.83 bits per heavy atom. The van der Waals surface area contributed by atoms with Crippen LogP contribution in [0.3, 0.4) is 0 Å². The quantitative estimate of drug-likeness (QED) is 0.710. The number of nitrogens with one attached hydrogen (secondary N) is 2. The van der Waals surface area contributed by atoms with E-state index in [-0.39, 0.29) is 11.8 Å². The third-order valence-electron chi connectivity index (χ3n) is 2.26. The van der Waals surface area contributed by atoms with Gasteiger partial charge in [0.25, 0.3) is 0 Å². The van der Waals surface area contributed by atoms with E-state index >= 15 is 0 Å². The zero-order chi connectivity index (χ0) is 13.0. The molecule has 92 valence electrons. The van der Waals surface area contributed by atoms with Crippen molar-refractivity contribution in [3.05, 3.63) is 48.2 Å². The third kappa shape index (κ3) is 3.21. The molecule has 1 aromatic carbocycles. The standard InChI is InChI=1S/C13H13N3O2/c1-9-3-2-4-12(14-9)16-13(18)15-10-5-7-11(17)8-6-10/h2-8,17H,1H3,(H2,14,15,16,18). The fraction of sp³-hybridized carbons (Fsp3) is 0.0769. The highest BCUT2D eigenvalue weighted by molar-refractivity contribution is 5.99. The van der Waals surface area contributed by atoms with E-state index in [2.05, 4.69) is 15.6 Å². The Labute approximate surface area is 104 Å². The molecule has 5 nitrogen and oxygen atoms in total. The summed E-state index contributed by atoms with van der Waals surface area (Å²) in [6.45, 7) is 1.85. The van der Waals surface area contributed by atoms with Crippen molar-refractivity contribution in [1.82, 2.24) is 4.98 Å². The van der Waals surface area contributed by atoms with Crippen molar-refractivity contribution < 1.29 is 9.90 Å². The number of hydrogen-bond donors (Lipinski definition) is 3. The Morgan fingerprint density at radius 1 is 1.11 bits per heavy atom. The largest absolute Gasteiger partial charge is 0.508 e. The lowest BCUT2D eigenvalue weighted by Crippen LogP contribution is -2.20. The smallest absolute Gasteiger partial charge is 0.324 e. The summed E-state index contributed by atoms with van der Waals surface area (Å²) in [5.41, 5.74) is 1.43. The Hall–Kier alpha value is -2.56. The lowest BCUT2D eigenvalue weighted by atomic mass is 10.3. The minimum Gasteiger partial charge on any atom is -0.508 e. The van der Waals surface area contributed by atoms with Gasteiger partial charge in [-0.05, 0) is 43.3 Å². The van der Waals surface area contributed by atoms with Crippen LogP contribution in [0.2, 0.25) is 0 Å². The van der Waals surface area contributed by atoms with Crippen LogP contribution in [0.25, 0.3) is 0 Å². The van der Waals surface area contributed by atoms with Gasteiger partial charge in [0.05, 0.1) is 0 Å². The number of aromatic nitrogens is 1. The minimum absolute atomic E-state index is 0.154. The molecule has 0 fully saturated rings. The van der Waals surface area contributed by atoms with E-state index in [4.69, 9.17) is 5.11 Å². The fourth-order valence-electron chi connectivity index (χ4n) is 1.44. The summed E-state index contributed by atoms with van der Waals surface area (Å²) in [7, 11) is 0. The summed E-state index contributed by atoms with van der Waals surface area (Å²) in [5, 5.41) is 14.4. The summed E-state index contributed by atoms with van der Waals surface area (Å²) in [6.07, 6.45) is 0. The number of rotatable bonds is 2. The monoisotopic (exact) mass is 243 g/mol. The van der Waals surface area contributed by atoms with Gasteiger partial charge in [-0.25, -0.2) is 9.78 Å². The molecule has 0 saturated heterocycles. The van der Waals surface area contributed by atoms with Gasteiger partial charge in [0.2, 0.25) is 0 Å². The Morgan fingerprint density at radius 3 is 2.50 bits per heavy atom. The van der Waals surface area contributed by atoms with Crippen molar-refractivity contribution in [2.45, 2.75) is 6.92 Å². The highest BCUT2D eigenvalue weighted by Crippen LogP contribution is 2.14. The van der Waals surface area contributed by atoms with Crippen LogP contribution in [0.1, 0.15) is 5.69 Å². The number of carbonyl (C=O) groups is 1. The van der Waals surface area contributed by atoms with Crippen LogP contribution >= 0.6 is 0 Å². The molecular weight excluding hydrogens is 230 g/mol. The molecule has 1 aromatic heterocycles. The molecule has 3 N–H and O–H groups in total. The normalized spacial score (nSPS) is 9.83. The van der Waals surface area contributed by atoms with Gasteiger partial charge in [-0.1, -0.05) is 6.07 Å². The lowest BCUT2D eigenvalue weighted by Gasteiger charge is -2.07. The van der Waals surface area contributed by atoms with Gasteiger partial charge in [0.15, 0.2) is 0 Å². The highest BCUT2D eigenvalue weighted by Gasteiger charge is 2.03. The van der Waals surface area contributed by atoms with E-state index in [9.17, 15) is 4.79 Å². The van der Waals surface area contributed by atoms with Gasteiger partial charge >= 0.3 is 6.03 Å². The SMILES string of the molecule is Cc1cccc(NC(=O)Nc2ccc(O)cc2)n1. The molecule has 5 heteroatoms. The fourth-order valence-corrected chi connectivity index (χ4v) is 1.44. The van der Waals surface area contributed by atoms with Crippen molar-refractivity contribution in [3.8, 4) is 5.75 Å². The van der Waals surface area contributed by atoms with Gasteiger partial charge in [0, 0.05) is 11.4 Å². The van der Waals surface area contributed by atoms with Crippen molar-refractivity contribution in [2.24, 2.45) is 0 Å².